The summed E-state index contributed by atoms with van der Waals surface area (Å²) >= 11 is 0. The molecule has 3 heterocycles. The summed E-state index contributed by atoms with van der Waals surface area (Å²) in [5.41, 5.74) is 2.83. The first-order valence-electron chi connectivity index (χ1n) is 12.9. The fraction of sp³-hybridized carbons (Fsp3) is 0.226. The van der Waals surface area contributed by atoms with Crippen molar-refractivity contribution in [1.82, 2.24) is 14.9 Å². The average Bonchev–Trinajstić information content (AvgIpc) is 3.44. The zero-order chi connectivity index (χ0) is 27.1. The van der Waals surface area contributed by atoms with Crippen molar-refractivity contribution < 1.29 is 18.7 Å². The maximum absolute atomic E-state index is 15.3. The Balaban J connectivity index is 1.34. The number of H-pyrrole nitrogens is 1. The molecule has 5 aromatic rings. The van der Waals surface area contributed by atoms with Gasteiger partial charge in [-0.05, 0) is 53.8 Å². The van der Waals surface area contributed by atoms with Crippen molar-refractivity contribution in [2.24, 2.45) is 0 Å². The number of fused-ring (bicyclic) bond motifs is 2. The zero-order valence-electron chi connectivity index (χ0n) is 22.1. The fourth-order valence-electron chi connectivity index (χ4n) is 5.48. The normalized spacial score (nSPS) is 13.7. The number of aromatic nitrogens is 2. The summed E-state index contributed by atoms with van der Waals surface area (Å²) < 4.78 is 26.6. The van der Waals surface area contributed by atoms with Crippen LogP contribution in [0.5, 0.6) is 11.5 Å². The molecular formula is C31H29FN4O3. The Hall–Kier alpha value is -4.59. The third-order valence-corrected chi connectivity index (χ3v) is 7.48. The third-order valence-electron chi connectivity index (χ3n) is 7.48. The average molecular weight is 525 g/mol. The van der Waals surface area contributed by atoms with Crippen LogP contribution in [0.4, 0.5) is 10.2 Å². The van der Waals surface area contributed by atoms with Gasteiger partial charge in [0.25, 0.3) is 5.91 Å². The molecule has 39 heavy (non-hydrogen) atoms. The molecule has 0 radical (unpaired) electrons. The fourth-order valence-corrected chi connectivity index (χ4v) is 5.48. The van der Waals surface area contributed by atoms with Gasteiger partial charge in [-0.25, -0.2) is 9.37 Å². The number of amides is 1. The van der Waals surface area contributed by atoms with Crippen LogP contribution < -0.4 is 14.4 Å². The molecule has 0 spiro atoms. The number of aromatic amines is 1. The van der Waals surface area contributed by atoms with E-state index in [4.69, 9.17) is 9.47 Å². The van der Waals surface area contributed by atoms with E-state index in [1.807, 2.05) is 54.6 Å². The first kappa shape index (κ1) is 24.7. The Morgan fingerprint density at radius 1 is 0.923 bits per heavy atom. The highest BCUT2D eigenvalue weighted by atomic mass is 19.1. The summed E-state index contributed by atoms with van der Waals surface area (Å²) in [5, 5.41) is 2.68. The van der Waals surface area contributed by atoms with Crippen LogP contribution in [0.25, 0.3) is 32.8 Å². The van der Waals surface area contributed by atoms with Crippen LogP contribution in [0.3, 0.4) is 0 Å². The number of hydrogen-bond donors (Lipinski definition) is 1. The number of carbonyl (C=O) groups excluding carboxylic acids is 1. The van der Waals surface area contributed by atoms with Gasteiger partial charge in [-0.3, -0.25) is 4.79 Å². The Bertz CT molecular complexity index is 1710. The van der Waals surface area contributed by atoms with Crippen LogP contribution in [0.2, 0.25) is 0 Å². The molecule has 3 aromatic carbocycles. The van der Waals surface area contributed by atoms with E-state index in [1.54, 1.807) is 38.3 Å². The van der Waals surface area contributed by atoms with Gasteiger partial charge in [-0.15, -0.1) is 0 Å². The maximum Gasteiger partial charge on any atom is 0.270 e. The molecule has 0 unspecified atom stereocenters. The summed E-state index contributed by atoms with van der Waals surface area (Å²) in [6.45, 7) is 4.00. The Morgan fingerprint density at radius 2 is 1.72 bits per heavy atom. The van der Waals surface area contributed by atoms with Crippen LogP contribution in [0.15, 0.2) is 66.9 Å². The van der Waals surface area contributed by atoms with Gasteiger partial charge >= 0.3 is 0 Å². The number of benzene rings is 3. The van der Waals surface area contributed by atoms with Crippen molar-refractivity contribution in [3.05, 3.63) is 83.9 Å². The predicted octanol–water partition coefficient (Wildman–Crippen LogP) is 5.81. The number of aryl methyl sites for hydroxylation is 1. The molecule has 1 aliphatic rings. The molecule has 2 aromatic heterocycles. The molecule has 1 aliphatic heterocycles. The predicted molar refractivity (Wildman–Crippen MR) is 151 cm³/mol. The lowest BCUT2D eigenvalue weighted by Gasteiger charge is -2.35. The quantitative estimate of drug-likeness (QED) is 0.314. The van der Waals surface area contributed by atoms with Crippen LogP contribution in [-0.4, -0.2) is 61.2 Å². The lowest BCUT2D eigenvalue weighted by Crippen LogP contribution is -2.49. The van der Waals surface area contributed by atoms with E-state index in [-0.39, 0.29) is 11.7 Å². The highest BCUT2D eigenvalue weighted by Crippen LogP contribution is 2.41. The van der Waals surface area contributed by atoms with Crippen LogP contribution in [-0.2, 0) is 0 Å². The molecule has 0 aliphatic carbocycles. The summed E-state index contributed by atoms with van der Waals surface area (Å²) in [4.78, 5) is 25.0. The Labute approximate surface area is 225 Å². The number of rotatable bonds is 5. The second kappa shape index (κ2) is 9.94. The summed E-state index contributed by atoms with van der Waals surface area (Å²) in [5.74, 6) is 1.67. The second-order valence-corrected chi connectivity index (χ2v) is 9.70. The molecule has 0 saturated carbocycles. The minimum Gasteiger partial charge on any atom is -0.495 e. The molecule has 8 heteroatoms. The van der Waals surface area contributed by atoms with Crippen molar-refractivity contribution in [2.75, 3.05) is 45.3 Å². The minimum atomic E-state index is -0.361. The number of anilines is 1. The molecule has 1 amide bonds. The summed E-state index contributed by atoms with van der Waals surface area (Å²) in [7, 11) is 3.27. The number of ether oxygens (including phenoxy) is 2. The zero-order valence-corrected chi connectivity index (χ0v) is 22.1. The van der Waals surface area contributed by atoms with Crippen LogP contribution in [0.1, 0.15) is 16.1 Å². The van der Waals surface area contributed by atoms with E-state index in [0.717, 1.165) is 33.5 Å². The van der Waals surface area contributed by atoms with Gasteiger partial charge in [0.2, 0.25) is 0 Å². The van der Waals surface area contributed by atoms with Gasteiger partial charge in [0.05, 0.1) is 19.7 Å². The third kappa shape index (κ3) is 4.22. The summed E-state index contributed by atoms with van der Waals surface area (Å²) in [6, 6.07) is 19.3. The van der Waals surface area contributed by atoms with Gasteiger partial charge in [0, 0.05) is 48.7 Å². The number of methoxy groups -OCH3 is 2. The molecule has 198 valence electrons. The number of pyridine rings is 1. The Morgan fingerprint density at radius 3 is 2.49 bits per heavy atom. The maximum atomic E-state index is 15.3. The first-order valence-corrected chi connectivity index (χ1v) is 12.9. The molecule has 1 saturated heterocycles. The number of piperazine rings is 1. The van der Waals surface area contributed by atoms with E-state index in [9.17, 15) is 4.79 Å². The smallest absolute Gasteiger partial charge is 0.270 e. The topological polar surface area (TPSA) is 70.7 Å². The van der Waals surface area contributed by atoms with Crippen molar-refractivity contribution in [3.63, 3.8) is 0 Å². The number of carbonyl (C=O) groups is 1. The lowest BCUT2D eigenvalue weighted by atomic mass is 9.95. The standard InChI is InChI=1S/C31H29FN4O3/c1-19-17-23(22-11-10-20-7-4-5-8-21(20)29(22)39-3)24-18-25(34-28(24)27(19)32)31(37)36-15-13-35(14-16-36)30-26(38-2)9-6-12-33-30/h4-12,17-18,34H,13-16H2,1-3H3. The molecule has 6 rings (SSSR count). The van der Waals surface area contributed by atoms with Gasteiger partial charge in [0.1, 0.15) is 17.3 Å². The number of nitrogens with one attached hydrogen (secondary N) is 1. The monoisotopic (exact) mass is 524 g/mol. The van der Waals surface area contributed by atoms with Crippen molar-refractivity contribution >= 4 is 33.4 Å². The van der Waals surface area contributed by atoms with Gasteiger partial charge in [-0.2, -0.15) is 0 Å². The van der Waals surface area contributed by atoms with E-state index < -0.39 is 0 Å². The van der Waals surface area contributed by atoms with Gasteiger partial charge < -0.3 is 24.3 Å². The van der Waals surface area contributed by atoms with Gasteiger partial charge in [-0.1, -0.05) is 30.3 Å². The van der Waals surface area contributed by atoms with Crippen LogP contribution in [0, 0.1) is 12.7 Å². The van der Waals surface area contributed by atoms with Crippen molar-refractivity contribution in [3.8, 4) is 22.6 Å². The molecule has 7 nitrogen and oxygen atoms in total. The SMILES string of the molecule is COc1cccnc1N1CCN(C(=O)c2cc3c(-c4ccc5ccccc5c4OC)cc(C)c(F)c3[nH]2)CC1. The molecule has 1 N–H and O–H groups in total. The number of nitrogens with zero attached hydrogens (tertiary/aromatic N) is 3. The Kier molecular flexibility index (Phi) is 6.30. The lowest BCUT2D eigenvalue weighted by molar-refractivity contribution is 0.0741. The van der Waals surface area contributed by atoms with Crippen LogP contribution >= 0.6 is 0 Å². The van der Waals surface area contributed by atoms with E-state index in [2.05, 4.69) is 14.9 Å². The molecule has 1 fully saturated rings. The number of halogens is 1. The largest absolute Gasteiger partial charge is 0.495 e. The van der Waals surface area contributed by atoms with E-state index >= 15 is 4.39 Å². The van der Waals surface area contributed by atoms with Gasteiger partial charge in [0.15, 0.2) is 11.6 Å². The highest BCUT2D eigenvalue weighted by Gasteiger charge is 2.27. The highest BCUT2D eigenvalue weighted by molar-refractivity contribution is 6.06. The van der Waals surface area contributed by atoms with E-state index in [0.29, 0.717) is 54.1 Å². The molecular weight excluding hydrogens is 495 g/mol. The minimum absolute atomic E-state index is 0.160. The molecule has 0 atom stereocenters. The number of hydrogen-bond acceptors (Lipinski definition) is 5. The first-order chi connectivity index (χ1) is 19.0. The van der Waals surface area contributed by atoms with Crippen molar-refractivity contribution in [1.29, 1.82) is 0 Å². The second-order valence-electron chi connectivity index (χ2n) is 9.70. The summed E-state index contributed by atoms with van der Waals surface area (Å²) in [6.07, 6.45) is 1.73. The van der Waals surface area contributed by atoms with E-state index in [1.165, 1.54) is 0 Å². The molecule has 0 bridgehead atoms. The van der Waals surface area contributed by atoms with Crippen molar-refractivity contribution in [2.45, 2.75) is 6.92 Å².